The third-order valence-electron chi connectivity index (χ3n) is 6.37. The first-order valence-electron chi connectivity index (χ1n) is 12.2. The van der Waals surface area contributed by atoms with Crippen molar-refractivity contribution in [3.63, 3.8) is 0 Å². The van der Waals surface area contributed by atoms with E-state index in [1.165, 1.54) is 8.61 Å². The van der Waals surface area contributed by atoms with Crippen LogP contribution in [0, 0.1) is 0 Å². The van der Waals surface area contributed by atoms with E-state index in [0.717, 1.165) is 35.6 Å². The number of halogens is 1. The summed E-state index contributed by atoms with van der Waals surface area (Å²) < 4.78 is 41.1. The number of rotatable bonds is 10. The fourth-order valence-corrected chi connectivity index (χ4v) is 5.61. The SMILES string of the molecule is COc1cc(OCCCN(C)C)c(-c2cn3ccc(N4CCN(S(=O)(=O)N(C)C)CC4)cc3n2)cc1Cl. The molecule has 1 aliphatic heterocycles. The summed E-state index contributed by atoms with van der Waals surface area (Å²) in [4.78, 5) is 9.16. The van der Waals surface area contributed by atoms with Gasteiger partial charge in [-0.2, -0.15) is 17.0 Å². The van der Waals surface area contributed by atoms with Gasteiger partial charge in [0.2, 0.25) is 0 Å². The lowest BCUT2D eigenvalue weighted by atomic mass is 10.1. The van der Waals surface area contributed by atoms with Gasteiger partial charge in [0.25, 0.3) is 10.2 Å². The number of fused-ring (bicyclic) bond motifs is 1. The Bertz CT molecular complexity index is 1340. The zero-order valence-electron chi connectivity index (χ0n) is 22.0. The fraction of sp³-hybridized carbons (Fsp3) is 0.480. The summed E-state index contributed by atoms with van der Waals surface area (Å²) in [5, 5.41) is 0.487. The minimum absolute atomic E-state index is 0.435. The molecule has 0 N–H and O–H groups in total. The molecule has 12 heteroatoms. The van der Waals surface area contributed by atoms with Gasteiger partial charge in [0, 0.05) is 82.6 Å². The third kappa shape index (κ3) is 6.12. The zero-order valence-corrected chi connectivity index (χ0v) is 23.6. The van der Waals surface area contributed by atoms with Crippen molar-refractivity contribution in [2.75, 3.05) is 79.5 Å². The summed E-state index contributed by atoms with van der Waals surface area (Å²) in [5.41, 5.74) is 3.32. The lowest BCUT2D eigenvalue weighted by molar-refractivity contribution is 0.281. The van der Waals surface area contributed by atoms with Gasteiger partial charge in [-0.1, -0.05) is 11.6 Å². The molecule has 1 aromatic carbocycles. The Kier molecular flexibility index (Phi) is 8.49. The highest BCUT2D eigenvalue weighted by Gasteiger charge is 2.28. The van der Waals surface area contributed by atoms with E-state index in [4.69, 9.17) is 26.1 Å². The Hall–Kier alpha value is -2.57. The highest BCUT2D eigenvalue weighted by molar-refractivity contribution is 7.86. The molecular weight excluding hydrogens is 516 g/mol. The molecule has 0 amide bonds. The van der Waals surface area contributed by atoms with Crippen LogP contribution in [0.2, 0.25) is 5.02 Å². The molecule has 10 nitrogen and oxygen atoms in total. The average molecular weight is 551 g/mol. The van der Waals surface area contributed by atoms with E-state index in [0.29, 0.717) is 49.3 Å². The average Bonchev–Trinajstić information content (AvgIpc) is 3.30. The number of nitrogens with zero attached hydrogens (tertiary/aromatic N) is 6. The van der Waals surface area contributed by atoms with Gasteiger partial charge in [-0.15, -0.1) is 0 Å². The van der Waals surface area contributed by atoms with Crippen molar-refractivity contribution in [2.24, 2.45) is 0 Å². The first kappa shape index (κ1) is 27.5. The number of anilines is 1. The largest absolute Gasteiger partial charge is 0.495 e. The molecule has 0 unspecified atom stereocenters. The van der Waals surface area contributed by atoms with Gasteiger partial charge in [0.05, 0.1) is 24.4 Å². The molecule has 0 saturated carbocycles. The number of benzene rings is 1. The summed E-state index contributed by atoms with van der Waals surface area (Å²) >= 11 is 6.46. The van der Waals surface area contributed by atoms with E-state index in [1.54, 1.807) is 21.2 Å². The first-order chi connectivity index (χ1) is 17.6. The second-order valence-electron chi connectivity index (χ2n) is 9.44. The Morgan fingerprint density at radius 3 is 2.43 bits per heavy atom. The van der Waals surface area contributed by atoms with Crippen molar-refractivity contribution in [1.82, 2.24) is 22.9 Å². The summed E-state index contributed by atoms with van der Waals surface area (Å²) in [6.45, 7) is 3.57. The molecule has 1 aliphatic rings. The second-order valence-corrected chi connectivity index (χ2v) is 12.0. The lowest BCUT2D eigenvalue weighted by Crippen LogP contribution is -2.51. The van der Waals surface area contributed by atoms with Crippen LogP contribution < -0.4 is 14.4 Å². The van der Waals surface area contributed by atoms with Crippen molar-refractivity contribution >= 4 is 33.1 Å². The second kappa shape index (κ2) is 11.4. The van der Waals surface area contributed by atoms with Crippen LogP contribution in [0.3, 0.4) is 0 Å². The van der Waals surface area contributed by atoms with Gasteiger partial charge >= 0.3 is 0 Å². The number of pyridine rings is 1. The van der Waals surface area contributed by atoms with Crippen molar-refractivity contribution in [3.8, 4) is 22.8 Å². The van der Waals surface area contributed by atoms with Gasteiger partial charge in [0.1, 0.15) is 17.1 Å². The number of ether oxygens (including phenoxy) is 2. The standard InChI is InChI=1S/C25H35ClN6O4S/c1-28(2)8-6-14-36-23-17-24(35-5)21(26)16-20(23)22-18-31-9-7-19(15-25(31)27-22)30-10-12-32(13-11-30)37(33,34)29(3)4/h7,9,15-18H,6,8,10-14H2,1-5H3. The van der Waals surface area contributed by atoms with E-state index in [2.05, 4.69) is 9.80 Å². The Morgan fingerprint density at radius 2 is 1.78 bits per heavy atom. The molecule has 0 radical (unpaired) electrons. The predicted molar refractivity (Wildman–Crippen MR) is 147 cm³/mol. The zero-order chi connectivity index (χ0) is 26.7. The van der Waals surface area contributed by atoms with Crippen LogP contribution in [0.15, 0.2) is 36.7 Å². The summed E-state index contributed by atoms with van der Waals surface area (Å²) in [7, 11) is 5.36. The van der Waals surface area contributed by atoms with Crippen LogP contribution in [-0.2, 0) is 10.2 Å². The van der Waals surface area contributed by atoms with Crippen molar-refractivity contribution in [2.45, 2.75) is 6.42 Å². The van der Waals surface area contributed by atoms with Gasteiger partial charge in [-0.05, 0) is 32.6 Å². The minimum atomic E-state index is -3.40. The summed E-state index contributed by atoms with van der Waals surface area (Å²) in [6, 6.07) is 7.68. The highest BCUT2D eigenvalue weighted by Crippen LogP contribution is 2.38. The molecule has 2 aromatic heterocycles. The molecule has 0 atom stereocenters. The first-order valence-corrected chi connectivity index (χ1v) is 13.9. The maximum absolute atomic E-state index is 12.4. The molecule has 202 valence electrons. The molecule has 3 heterocycles. The van der Waals surface area contributed by atoms with Crippen LogP contribution in [0.4, 0.5) is 5.69 Å². The topological polar surface area (TPSA) is 82.9 Å². The molecule has 0 spiro atoms. The molecule has 1 saturated heterocycles. The van der Waals surface area contributed by atoms with Crippen molar-refractivity contribution in [3.05, 3.63) is 41.7 Å². The number of hydrogen-bond donors (Lipinski definition) is 0. The maximum atomic E-state index is 12.4. The van der Waals surface area contributed by atoms with Gasteiger partial charge in [-0.25, -0.2) is 4.98 Å². The minimum Gasteiger partial charge on any atom is -0.495 e. The van der Waals surface area contributed by atoms with Gasteiger partial charge < -0.3 is 23.7 Å². The number of aromatic nitrogens is 2. The van der Waals surface area contributed by atoms with Crippen LogP contribution >= 0.6 is 11.6 Å². The predicted octanol–water partition coefficient (Wildman–Crippen LogP) is 2.92. The van der Waals surface area contributed by atoms with Gasteiger partial charge in [-0.3, -0.25) is 0 Å². The van der Waals surface area contributed by atoms with E-state index in [9.17, 15) is 8.42 Å². The summed E-state index contributed by atoms with van der Waals surface area (Å²) in [6.07, 6.45) is 4.80. The molecule has 37 heavy (non-hydrogen) atoms. The highest BCUT2D eigenvalue weighted by atomic mass is 35.5. The van der Waals surface area contributed by atoms with Crippen LogP contribution in [0.25, 0.3) is 16.9 Å². The fourth-order valence-electron chi connectivity index (χ4n) is 4.28. The molecule has 0 aliphatic carbocycles. The quantitative estimate of drug-likeness (QED) is 0.359. The maximum Gasteiger partial charge on any atom is 0.281 e. The van der Waals surface area contributed by atoms with E-state index in [1.807, 2.05) is 55.2 Å². The van der Waals surface area contributed by atoms with Crippen molar-refractivity contribution in [1.29, 1.82) is 0 Å². The number of imidazole rings is 1. The normalized spacial score (nSPS) is 15.2. The Labute approximate surface area is 224 Å². The third-order valence-corrected chi connectivity index (χ3v) is 8.61. The number of hydrogen-bond acceptors (Lipinski definition) is 7. The van der Waals surface area contributed by atoms with Crippen molar-refractivity contribution < 1.29 is 17.9 Å². The van der Waals surface area contributed by atoms with E-state index in [-0.39, 0.29) is 0 Å². The lowest BCUT2D eigenvalue weighted by Gasteiger charge is -2.36. The van der Waals surface area contributed by atoms with E-state index < -0.39 is 10.2 Å². The Balaban J connectivity index is 1.56. The number of piperazine rings is 1. The molecule has 1 fully saturated rings. The number of methoxy groups -OCH3 is 1. The molecule has 0 bridgehead atoms. The monoisotopic (exact) mass is 550 g/mol. The molecule has 4 rings (SSSR count). The Morgan fingerprint density at radius 1 is 1.05 bits per heavy atom. The van der Waals surface area contributed by atoms with Crippen LogP contribution in [0.1, 0.15) is 6.42 Å². The smallest absolute Gasteiger partial charge is 0.281 e. The van der Waals surface area contributed by atoms with Crippen LogP contribution in [0.5, 0.6) is 11.5 Å². The molecular formula is C25H35ClN6O4S. The van der Waals surface area contributed by atoms with Crippen LogP contribution in [-0.4, -0.2) is 106 Å². The van der Waals surface area contributed by atoms with E-state index >= 15 is 0 Å². The van der Waals surface area contributed by atoms with Gasteiger partial charge in [0.15, 0.2) is 0 Å². The summed E-state index contributed by atoms with van der Waals surface area (Å²) in [5.74, 6) is 1.22. The molecule has 3 aromatic rings.